The highest BCUT2D eigenvalue weighted by Crippen LogP contribution is 1.85. The summed E-state index contributed by atoms with van der Waals surface area (Å²) < 4.78 is 8.80. The highest BCUT2D eigenvalue weighted by atomic mass is 16.6. The summed E-state index contributed by atoms with van der Waals surface area (Å²) in [4.78, 5) is 10.6. The van der Waals surface area contributed by atoms with E-state index < -0.39 is 12.2 Å². The van der Waals surface area contributed by atoms with Crippen molar-refractivity contribution in [3.63, 3.8) is 0 Å². The van der Waals surface area contributed by atoms with Crippen LogP contribution in [0.15, 0.2) is 18.6 Å². The maximum Gasteiger partial charge on any atom is 0.355 e. The topological polar surface area (TPSA) is 61.5 Å². The molecular weight excluding hydrogens is 134 g/mol. The smallest absolute Gasteiger partial charge is 0.355 e. The molecule has 56 valence electrons. The van der Waals surface area contributed by atoms with Crippen LogP contribution in [0.5, 0.6) is 0 Å². The summed E-state index contributed by atoms with van der Waals surface area (Å²) in [6.07, 6.45) is -0.0223. The first-order valence-corrected chi connectivity index (χ1v) is 2.55. The summed E-state index contributed by atoms with van der Waals surface area (Å²) in [5.74, 6) is -0.668. The van der Waals surface area contributed by atoms with Gasteiger partial charge in [0.2, 0.25) is 6.23 Å². The number of rotatable bonds is 3. The van der Waals surface area contributed by atoms with E-state index in [-0.39, 0.29) is 0 Å². The zero-order valence-electron chi connectivity index (χ0n) is 5.66. The molecule has 0 heterocycles. The van der Waals surface area contributed by atoms with Gasteiger partial charge in [-0.05, 0) is 0 Å². The molecule has 4 heteroatoms. The van der Waals surface area contributed by atoms with Crippen LogP contribution in [-0.2, 0) is 14.3 Å². The van der Waals surface area contributed by atoms with Crippen molar-refractivity contribution in [2.24, 2.45) is 5.73 Å². The molecule has 0 amide bonds. The van der Waals surface area contributed by atoms with E-state index in [9.17, 15) is 4.79 Å². The van der Waals surface area contributed by atoms with Crippen molar-refractivity contribution in [3.05, 3.63) is 18.6 Å². The third-order valence-electron chi connectivity index (χ3n) is 0.745. The first-order valence-electron chi connectivity index (χ1n) is 2.55. The van der Waals surface area contributed by atoms with Gasteiger partial charge < -0.3 is 9.47 Å². The Kier molecular flexibility index (Phi) is 4.24. The van der Waals surface area contributed by atoms with Crippen LogP contribution in [0, 0.1) is 0 Å². The largest absolute Gasteiger partial charge is 0.423 e. The number of carbonyl (C=O) groups is 1. The van der Waals surface area contributed by atoms with Gasteiger partial charge in [-0.1, -0.05) is 12.3 Å². The van der Waals surface area contributed by atoms with Gasteiger partial charge in [-0.25, -0.2) is 4.79 Å². The molecule has 0 spiro atoms. The van der Waals surface area contributed by atoms with Gasteiger partial charge in [0.1, 0.15) is 6.26 Å². The van der Waals surface area contributed by atoms with Crippen LogP contribution in [0.25, 0.3) is 0 Å². The standard InChI is InChI=1S/C6H9NO3/c1-3-4-10-6(8)5(7)9-2/h4-5H,1,7H2,2H3. The van der Waals surface area contributed by atoms with Gasteiger partial charge in [-0.15, -0.1) is 0 Å². The Labute approximate surface area is 58.9 Å². The van der Waals surface area contributed by atoms with Crippen LogP contribution in [-0.4, -0.2) is 19.3 Å². The first-order chi connectivity index (χ1) is 4.72. The van der Waals surface area contributed by atoms with Crippen molar-refractivity contribution >= 4 is 5.97 Å². The predicted octanol–water partition coefficient (Wildman–Crippen LogP) is -0.241. The summed E-state index contributed by atoms with van der Waals surface area (Å²) in [6.45, 7) is 3.18. The Morgan fingerprint density at radius 2 is 2.50 bits per heavy atom. The average Bonchev–Trinajstić information content (AvgIpc) is 1.98. The fourth-order valence-corrected chi connectivity index (χ4v) is 0.263. The van der Waals surface area contributed by atoms with E-state index in [2.05, 4.69) is 21.8 Å². The number of hydrogen-bond donors (Lipinski definition) is 1. The van der Waals surface area contributed by atoms with E-state index in [1.807, 2.05) is 0 Å². The minimum Gasteiger partial charge on any atom is -0.423 e. The van der Waals surface area contributed by atoms with Crippen molar-refractivity contribution in [1.29, 1.82) is 0 Å². The van der Waals surface area contributed by atoms with E-state index in [4.69, 9.17) is 5.73 Å². The summed E-state index contributed by atoms with van der Waals surface area (Å²) in [5.41, 5.74) is 7.34. The van der Waals surface area contributed by atoms with Crippen molar-refractivity contribution < 1.29 is 14.3 Å². The van der Waals surface area contributed by atoms with Crippen molar-refractivity contribution in [3.8, 4) is 0 Å². The molecule has 0 aliphatic carbocycles. The Bertz CT molecular complexity index is 160. The average molecular weight is 143 g/mol. The number of carbonyl (C=O) groups excluding carboxylic acids is 1. The zero-order valence-corrected chi connectivity index (χ0v) is 5.66. The number of nitrogens with two attached hydrogens (primary N) is 1. The van der Waals surface area contributed by atoms with E-state index in [0.717, 1.165) is 6.26 Å². The van der Waals surface area contributed by atoms with Gasteiger partial charge in [0.15, 0.2) is 0 Å². The van der Waals surface area contributed by atoms with E-state index in [0.29, 0.717) is 0 Å². The second-order valence-corrected chi connectivity index (χ2v) is 1.42. The fourth-order valence-electron chi connectivity index (χ4n) is 0.263. The quantitative estimate of drug-likeness (QED) is 0.256. The molecule has 0 saturated carbocycles. The highest BCUT2D eigenvalue weighted by molar-refractivity contribution is 5.74. The van der Waals surface area contributed by atoms with E-state index >= 15 is 0 Å². The lowest BCUT2D eigenvalue weighted by atomic mass is 10.6. The first kappa shape index (κ1) is 8.91. The normalized spacial score (nSPS) is 11.4. The second-order valence-electron chi connectivity index (χ2n) is 1.42. The molecule has 0 aromatic rings. The van der Waals surface area contributed by atoms with Crippen LogP contribution < -0.4 is 5.73 Å². The molecule has 10 heavy (non-hydrogen) atoms. The third-order valence-corrected chi connectivity index (χ3v) is 0.745. The van der Waals surface area contributed by atoms with Gasteiger partial charge >= 0.3 is 5.97 Å². The lowest BCUT2D eigenvalue weighted by Gasteiger charge is -2.04. The maximum atomic E-state index is 10.6. The maximum absolute atomic E-state index is 10.6. The van der Waals surface area contributed by atoms with Crippen LogP contribution in [0.3, 0.4) is 0 Å². The molecule has 1 atom stereocenters. The van der Waals surface area contributed by atoms with Crippen molar-refractivity contribution in [1.82, 2.24) is 0 Å². The molecule has 1 unspecified atom stereocenters. The van der Waals surface area contributed by atoms with Crippen LogP contribution >= 0.6 is 0 Å². The van der Waals surface area contributed by atoms with Crippen molar-refractivity contribution in [2.45, 2.75) is 6.23 Å². The molecule has 4 nitrogen and oxygen atoms in total. The summed E-state index contributed by atoms with van der Waals surface area (Å²) in [7, 11) is 1.31. The fraction of sp³-hybridized carbons (Fsp3) is 0.333. The van der Waals surface area contributed by atoms with Gasteiger partial charge in [0.05, 0.1) is 0 Å². The molecule has 0 aliphatic heterocycles. The van der Waals surface area contributed by atoms with Gasteiger partial charge in [0.25, 0.3) is 0 Å². The lowest BCUT2D eigenvalue weighted by molar-refractivity contribution is -0.149. The van der Waals surface area contributed by atoms with Gasteiger partial charge in [-0.3, -0.25) is 5.73 Å². The highest BCUT2D eigenvalue weighted by Gasteiger charge is 2.11. The van der Waals surface area contributed by atoms with Crippen LogP contribution in [0.2, 0.25) is 0 Å². The molecule has 0 aromatic heterocycles. The summed E-state index contributed by atoms with van der Waals surface area (Å²) >= 11 is 0. The molecule has 0 saturated heterocycles. The minimum absolute atomic E-state index is 0.668. The molecule has 0 rings (SSSR count). The second kappa shape index (κ2) is 4.76. The lowest BCUT2D eigenvalue weighted by Crippen LogP contribution is -2.32. The van der Waals surface area contributed by atoms with E-state index in [1.54, 1.807) is 0 Å². The monoisotopic (exact) mass is 143 g/mol. The predicted molar refractivity (Wildman–Crippen MR) is 34.8 cm³/mol. The van der Waals surface area contributed by atoms with Crippen LogP contribution in [0.4, 0.5) is 0 Å². The number of hydrogen-bond acceptors (Lipinski definition) is 4. The number of ether oxygens (including phenoxy) is 2. The van der Waals surface area contributed by atoms with Gasteiger partial charge in [0, 0.05) is 7.11 Å². The van der Waals surface area contributed by atoms with Crippen molar-refractivity contribution in [2.75, 3.05) is 7.11 Å². The SMILES string of the molecule is C=C=COC(=O)C(N)OC. The Morgan fingerprint density at radius 1 is 1.90 bits per heavy atom. The van der Waals surface area contributed by atoms with Crippen LogP contribution in [0.1, 0.15) is 0 Å². The minimum atomic E-state index is -1.04. The molecule has 0 bridgehead atoms. The Morgan fingerprint density at radius 3 is 2.90 bits per heavy atom. The summed E-state index contributed by atoms with van der Waals surface area (Å²) in [6, 6.07) is 0. The van der Waals surface area contributed by atoms with Gasteiger partial charge in [-0.2, -0.15) is 0 Å². The Hall–Kier alpha value is -1.09. The number of methoxy groups -OCH3 is 1. The zero-order chi connectivity index (χ0) is 7.98. The molecule has 0 radical (unpaired) electrons. The molecule has 0 aliphatic rings. The van der Waals surface area contributed by atoms with E-state index in [1.165, 1.54) is 7.11 Å². The number of esters is 1. The molecule has 0 fully saturated rings. The summed E-state index contributed by atoms with van der Waals surface area (Å²) in [5, 5.41) is 0. The Balaban J connectivity index is 3.72. The molecular formula is C6H9NO3. The molecule has 2 N–H and O–H groups in total. The molecule has 0 aromatic carbocycles. The third kappa shape index (κ3) is 3.04.